The van der Waals surface area contributed by atoms with E-state index in [9.17, 15) is 4.79 Å². The number of methoxy groups -OCH3 is 1. The van der Waals surface area contributed by atoms with E-state index in [0.29, 0.717) is 29.8 Å². The molecule has 2 aliphatic heterocycles. The number of hydrogen-bond donors (Lipinski definition) is 0. The van der Waals surface area contributed by atoms with Crippen LogP contribution in [0, 0.1) is 11.8 Å². The highest BCUT2D eigenvalue weighted by molar-refractivity contribution is 5.90. The minimum Gasteiger partial charge on any atom is -0.492 e. The van der Waals surface area contributed by atoms with E-state index in [4.69, 9.17) is 14.2 Å². The number of carbonyl (C=O) groups is 1. The van der Waals surface area contributed by atoms with Crippen LogP contribution in [0.4, 0.5) is 0 Å². The first-order chi connectivity index (χ1) is 14.0. The summed E-state index contributed by atoms with van der Waals surface area (Å²) < 4.78 is 17.0. The van der Waals surface area contributed by atoms with Crippen molar-refractivity contribution < 1.29 is 19.0 Å². The van der Waals surface area contributed by atoms with E-state index in [1.54, 1.807) is 13.2 Å². The summed E-state index contributed by atoms with van der Waals surface area (Å²) >= 11 is 0. The molecule has 0 saturated carbocycles. The van der Waals surface area contributed by atoms with E-state index in [1.165, 1.54) is 11.1 Å². The number of hydrogen-bond acceptors (Lipinski definition) is 5. The third-order valence-electron chi connectivity index (χ3n) is 6.58. The predicted octanol–water partition coefficient (Wildman–Crippen LogP) is 4.46. The quantitative estimate of drug-likeness (QED) is 0.542. The van der Waals surface area contributed by atoms with Crippen molar-refractivity contribution in [3.63, 3.8) is 0 Å². The van der Waals surface area contributed by atoms with E-state index in [-0.39, 0.29) is 18.6 Å². The highest BCUT2D eigenvalue weighted by Crippen LogP contribution is 2.50. The van der Waals surface area contributed by atoms with Crippen molar-refractivity contribution >= 4 is 5.78 Å². The van der Waals surface area contributed by atoms with Crippen LogP contribution in [0.25, 0.3) is 0 Å². The summed E-state index contributed by atoms with van der Waals surface area (Å²) in [7, 11) is 3.73. The van der Waals surface area contributed by atoms with E-state index < -0.39 is 0 Å². The van der Waals surface area contributed by atoms with Crippen molar-refractivity contribution in [1.29, 1.82) is 0 Å². The zero-order chi connectivity index (χ0) is 20.5. The number of rotatable bonds is 5. The molecule has 29 heavy (non-hydrogen) atoms. The first-order valence-corrected chi connectivity index (χ1v) is 10.5. The molecule has 0 aromatic heterocycles. The summed E-state index contributed by atoms with van der Waals surface area (Å²) in [6.07, 6.45) is 9.72. The molecule has 0 N–H and O–H groups in total. The monoisotopic (exact) mass is 397 g/mol. The summed E-state index contributed by atoms with van der Waals surface area (Å²) in [4.78, 5) is 15.1. The fraction of sp³-hybridized carbons (Fsp3) is 0.542. The standard InChI is InChI=1S/C24H31NO4/c1-15-5-6-17(16(2)11-15)7-8-19(26)13-20-22-18(9-10-25(20)3)12-21-23(24(22)27-4)29-14-28-21/h5,7-8,12,16-17,20H,6,9-11,13-14H2,1-4H3/b8-7+. The van der Waals surface area contributed by atoms with Crippen molar-refractivity contribution in [1.82, 2.24) is 4.90 Å². The van der Waals surface area contributed by atoms with E-state index in [2.05, 4.69) is 44.0 Å². The van der Waals surface area contributed by atoms with Crippen molar-refractivity contribution in [3.8, 4) is 17.2 Å². The van der Waals surface area contributed by atoms with Crippen LogP contribution >= 0.6 is 0 Å². The van der Waals surface area contributed by atoms with Crippen LogP contribution in [0.3, 0.4) is 0 Å². The Hall–Kier alpha value is -2.27. The maximum atomic E-state index is 12.9. The van der Waals surface area contributed by atoms with Gasteiger partial charge in [0.05, 0.1) is 7.11 Å². The third kappa shape index (κ3) is 3.93. The van der Waals surface area contributed by atoms with Gasteiger partial charge in [-0.05, 0) is 62.8 Å². The second-order valence-corrected chi connectivity index (χ2v) is 8.62. The highest BCUT2D eigenvalue weighted by atomic mass is 16.7. The normalized spacial score (nSPS) is 26.3. The van der Waals surface area contributed by atoms with Gasteiger partial charge in [-0.25, -0.2) is 0 Å². The Morgan fingerprint density at radius 1 is 1.38 bits per heavy atom. The van der Waals surface area contributed by atoms with Crippen LogP contribution in [0.5, 0.6) is 17.2 Å². The Bertz CT molecular complexity index is 857. The lowest BCUT2D eigenvalue weighted by Gasteiger charge is -2.35. The lowest BCUT2D eigenvalue weighted by Crippen LogP contribution is -2.33. The van der Waals surface area contributed by atoms with E-state index >= 15 is 0 Å². The average Bonchev–Trinajstić information content (AvgIpc) is 3.16. The Kier molecular flexibility index (Phi) is 5.68. The Labute approximate surface area is 173 Å². The fourth-order valence-electron chi connectivity index (χ4n) is 4.85. The molecule has 5 heteroatoms. The van der Waals surface area contributed by atoms with E-state index in [0.717, 1.165) is 37.1 Å². The molecule has 3 unspecified atom stereocenters. The lowest BCUT2D eigenvalue weighted by atomic mass is 9.81. The number of carbonyl (C=O) groups excluding carboxylic acids is 1. The summed E-state index contributed by atoms with van der Waals surface area (Å²) in [5.41, 5.74) is 3.71. The largest absolute Gasteiger partial charge is 0.492 e. The smallest absolute Gasteiger partial charge is 0.231 e. The summed E-state index contributed by atoms with van der Waals surface area (Å²) in [6.45, 7) is 5.58. The van der Waals surface area contributed by atoms with Crippen LogP contribution < -0.4 is 14.2 Å². The molecular weight excluding hydrogens is 366 g/mol. The van der Waals surface area contributed by atoms with Gasteiger partial charge < -0.3 is 14.2 Å². The van der Waals surface area contributed by atoms with Crippen molar-refractivity contribution in [3.05, 3.63) is 41.0 Å². The van der Waals surface area contributed by atoms with Gasteiger partial charge in [0.15, 0.2) is 17.3 Å². The van der Waals surface area contributed by atoms with Gasteiger partial charge in [0, 0.05) is 24.6 Å². The zero-order valence-corrected chi connectivity index (χ0v) is 17.9. The SMILES string of the molecule is COc1c2c(cc3c1C(CC(=O)/C=C/C1CC=C(C)CC1C)N(C)CC3)OCO2. The molecule has 3 aliphatic rings. The molecule has 5 nitrogen and oxygen atoms in total. The number of benzene rings is 1. The molecule has 0 spiro atoms. The maximum Gasteiger partial charge on any atom is 0.231 e. The Morgan fingerprint density at radius 3 is 2.97 bits per heavy atom. The first kappa shape index (κ1) is 20.0. The molecule has 0 radical (unpaired) electrons. The fourth-order valence-corrected chi connectivity index (χ4v) is 4.85. The number of nitrogens with zero attached hydrogens (tertiary/aromatic N) is 1. The van der Waals surface area contributed by atoms with Crippen LogP contribution in [-0.4, -0.2) is 38.2 Å². The summed E-state index contributed by atoms with van der Waals surface area (Å²) in [6, 6.07) is 2.03. The molecule has 2 heterocycles. The number of ketones is 1. The molecular formula is C24H31NO4. The van der Waals surface area contributed by atoms with Gasteiger partial charge in [-0.15, -0.1) is 0 Å². The molecule has 4 rings (SSSR count). The molecule has 1 aromatic carbocycles. The van der Waals surface area contributed by atoms with Gasteiger partial charge >= 0.3 is 0 Å². The number of likely N-dealkylation sites (N-methyl/N-ethyl adjacent to an activating group) is 1. The molecule has 0 saturated heterocycles. The van der Waals surface area contributed by atoms with Gasteiger partial charge in [0.2, 0.25) is 12.5 Å². The Morgan fingerprint density at radius 2 is 2.21 bits per heavy atom. The number of fused-ring (bicyclic) bond motifs is 2. The van der Waals surface area contributed by atoms with Crippen LogP contribution in [0.15, 0.2) is 29.9 Å². The zero-order valence-electron chi connectivity index (χ0n) is 17.9. The minimum absolute atomic E-state index is 0.0220. The Balaban J connectivity index is 1.55. The molecule has 1 aromatic rings. The topological polar surface area (TPSA) is 48.0 Å². The van der Waals surface area contributed by atoms with Crippen molar-refractivity contribution in [2.24, 2.45) is 11.8 Å². The summed E-state index contributed by atoms with van der Waals surface area (Å²) in [5.74, 6) is 3.31. The van der Waals surface area contributed by atoms with Crippen molar-refractivity contribution in [2.75, 3.05) is 27.5 Å². The van der Waals surface area contributed by atoms with Crippen LogP contribution in [0.1, 0.15) is 50.3 Å². The average molecular weight is 398 g/mol. The number of ether oxygens (including phenoxy) is 3. The number of allylic oxidation sites excluding steroid dienone is 4. The van der Waals surface area contributed by atoms with Crippen LogP contribution in [-0.2, 0) is 11.2 Å². The lowest BCUT2D eigenvalue weighted by molar-refractivity contribution is -0.115. The molecule has 0 fully saturated rings. The summed E-state index contributed by atoms with van der Waals surface area (Å²) in [5, 5.41) is 0. The van der Waals surface area contributed by atoms with Gasteiger partial charge in [-0.1, -0.05) is 24.6 Å². The molecule has 1 aliphatic carbocycles. The second-order valence-electron chi connectivity index (χ2n) is 8.62. The van der Waals surface area contributed by atoms with Gasteiger partial charge in [0.1, 0.15) is 0 Å². The molecule has 3 atom stereocenters. The van der Waals surface area contributed by atoms with Gasteiger partial charge in [-0.2, -0.15) is 0 Å². The maximum absolute atomic E-state index is 12.9. The molecule has 0 bridgehead atoms. The predicted molar refractivity (Wildman–Crippen MR) is 113 cm³/mol. The first-order valence-electron chi connectivity index (χ1n) is 10.5. The second kappa shape index (κ2) is 8.23. The molecule has 156 valence electrons. The van der Waals surface area contributed by atoms with Crippen molar-refractivity contribution in [2.45, 2.75) is 45.6 Å². The highest BCUT2D eigenvalue weighted by Gasteiger charge is 2.34. The van der Waals surface area contributed by atoms with Crippen LogP contribution in [0.2, 0.25) is 0 Å². The third-order valence-corrected chi connectivity index (χ3v) is 6.58. The van der Waals surface area contributed by atoms with Gasteiger partial charge in [-0.3, -0.25) is 9.69 Å². The molecule has 0 amide bonds. The minimum atomic E-state index is -0.0220. The van der Waals surface area contributed by atoms with E-state index in [1.807, 2.05) is 0 Å². The van der Waals surface area contributed by atoms with Gasteiger partial charge in [0.25, 0.3) is 0 Å².